The van der Waals surface area contributed by atoms with Crippen LogP contribution in [0, 0.1) is 0 Å². The maximum absolute atomic E-state index is 5.36. The third-order valence-corrected chi connectivity index (χ3v) is 4.16. The van der Waals surface area contributed by atoms with E-state index in [0.29, 0.717) is 0 Å². The summed E-state index contributed by atoms with van der Waals surface area (Å²) >= 11 is 1.63. The Morgan fingerprint density at radius 1 is 1.32 bits per heavy atom. The molecule has 0 aliphatic rings. The highest BCUT2D eigenvalue weighted by molar-refractivity contribution is 7.99. The van der Waals surface area contributed by atoms with Crippen molar-refractivity contribution in [2.75, 3.05) is 12.9 Å². The molecule has 0 unspecified atom stereocenters. The molecule has 7 nitrogen and oxygen atoms in total. The maximum Gasteiger partial charge on any atom is 0.214 e. The summed E-state index contributed by atoms with van der Waals surface area (Å²) in [5.74, 6) is 1.68. The van der Waals surface area contributed by atoms with Gasteiger partial charge in [0.2, 0.25) is 5.16 Å². The maximum atomic E-state index is 5.36. The summed E-state index contributed by atoms with van der Waals surface area (Å²) in [6.45, 7) is 0. The zero-order valence-electron chi connectivity index (χ0n) is 12.1. The number of tetrazole rings is 1. The number of nitrogens with one attached hydrogen (secondary N) is 1. The summed E-state index contributed by atoms with van der Waals surface area (Å²) in [7, 11) is 1.64. The van der Waals surface area contributed by atoms with Crippen LogP contribution < -0.4 is 4.74 Å². The molecule has 0 aliphatic heterocycles. The van der Waals surface area contributed by atoms with Gasteiger partial charge in [0.05, 0.1) is 13.3 Å². The summed E-state index contributed by atoms with van der Waals surface area (Å²) in [5.41, 5.74) is 2.05. The molecular formula is C14H16N6OS. The zero-order chi connectivity index (χ0) is 15.2. The molecule has 3 aromatic rings. The van der Waals surface area contributed by atoms with E-state index in [-0.39, 0.29) is 0 Å². The first-order chi connectivity index (χ1) is 10.9. The average Bonchev–Trinajstić information content (AvgIpc) is 3.23. The number of aromatic nitrogens is 6. The van der Waals surface area contributed by atoms with Gasteiger partial charge >= 0.3 is 0 Å². The summed E-state index contributed by atoms with van der Waals surface area (Å²) < 4.78 is 7.07. The van der Waals surface area contributed by atoms with E-state index in [0.717, 1.165) is 35.2 Å². The van der Waals surface area contributed by atoms with Crippen molar-refractivity contribution in [1.82, 2.24) is 30.4 Å². The van der Waals surface area contributed by atoms with Crippen molar-refractivity contribution >= 4 is 11.8 Å². The third-order valence-electron chi connectivity index (χ3n) is 3.15. The Bertz CT molecular complexity index is 712. The van der Waals surface area contributed by atoms with Crippen LogP contribution in [0.15, 0.2) is 41.8 Å². The van der Waals surface area contributed by atoms with Crippen LogP contribution >= 0.6 is 11.8 Å². The van der Waals surface area contributed by atoms with Crippen LogP contribution in [0.3, 0.4) is 0 Å². The molecule has 1 aromatic carbocycles. The van der Waals surface area contributed by atoms with Gasteiger partial charge in [-0.25, -0.2) is 0 Å². The van der Waals surface area contributed by atoms with E-state index in [4.69, 9.17) is 4.74 Å². The van der Waals surface area contributed by atoms with Gasteiger partial charge in [-0.1, -0.05) is 23.9 Å². The molecule has 0 fully saturated rings. The number of hydrogen-bond donors (Lipinski definition) is 1. The molecule has 0 amide bonds. The Morgan fingerprint density at radius 3 is 3.05 bits per heavy atom. The number of benzene rings is 1. The van der Waals surface area contributed by atoms with Crippen LogP contribution in [0.5, 0.6) is 5.75 Å². The molecular weight excluding hydrogens is 300 g/mol. The Balaban J connectivity index is 1.64. The molecule has 0 aliphatic carbocycles. The molecule has 0 atom stereocenters. The van der Waals surface area contributed by atoms with Gasteiger partial charge in [-0.2, -0.15) is 9.78 Å². The lowest BCUT2D eigenvalue weighted by molar-refractivity contribution is 0.410. The molecule has 2 heterocycles. The number of para-hydroxylation sites is 2. The predicted molar refractivity (Wildman–Crippen MR) is 83.3 cm³/mol. The van der Waals surface area contributed by atoms with E-state index in [2.05, 4.69) is 25.7 Å². The summed E-state index contributed by atoms with van der Waals surface area (Å²) in [6.07, 6.45) is 5.79. The topological polar surface area (TPSA) is 81.5 Å². The Hall–Kier alpha value is -2.35. The second-order valence-corrected chi connectivity index (χ2v) is 5.67. The van der Waals surface area contributed by atoms with Crippen molar-refractivity contribution in [3.05, 3.63) is 42.2 Å². The number of H-pyrrole nitrogens is 1. The van der Waals surface area contributed by atoms with E-state index < -0.39 is 0 Å². The standard InChI is InChI=1S/C14H16N6OS/c1-21-13-7-3-2-6-12(13)20-14(17-18-19-20)22-8-4-5-11-9-15-16-10-11/h2-3,6-7,9-10H,4-5,8H2,1H3,(H,15,16). The lowest BCUT2D eigenvalue weighted by atomic mass is 10.2. The smallest absolute Gasteiger partial charge is 0.214 e. The van der Waals surface area contributed by atoms with Crippen molar-refractivity contribution in [2.24, 2.45) is 0 Å². The molecule has 1 N–H and O–H groups in total. The van der Waals surface area contributed by atoms with Crippen LogP contribution in [0.4, 0.5) is 0 Å². The van der Waals surface area contributed by atoms with Crippen molar-refractivity contribution in [1.29, 1.82) is 0 Å². The minimum Gasteiger partial charge on any atom is -0.494 e. The van der Waals surface area contributed by atoms with E-state index in [9.17, 15) is 0 Å². The number of aryl methyl sites for hydroxylation is 1. The highest BCUT2D eigenvalue weighted by Crippen LogP contribution is 2.25. The molecule has 0 saturated carbocycles. The lowest BCUT2D eigenvalue weighted by Gasteiger charge is -2.08. The minimum absolute atomic E-state index is 0.745. The van der Waals surface area contributed by atoms with Gasteiger partial charge in [-0.3, -0.25) is 5.10 Å². The molecule has 0 saturated heterocycles. The highest BCUT2D eigenvalue weighted by Gasteiger charge is 2.12. The first-order valence-corrected chi connectivity index (χ1v) is 7.89. The molecule has 8 heteroatoms. The minimum atomic E-state index is 0.745. The van der Waals surface area contributed by atoms with Gasteiger partial charge in [0, 0.05) is 11.9 Å². The molecule has 22 heavy (non-hydrogen) atoms. The van der Waals surface area contributed by atoms with Gasteiger partial charge in [-0.15, -0.1) is 5.10 Å². The number of thioether (sulfide) groups is 1. The van der Waals surface area contributed by atoms with Crippen molar-refractivity contribution in [2.45, 2.75) is 18.0 Å². The fourth-order valence-corrected chi connectivity index (χ4v) is 2.90. The largest absolute Gasteiger partial charge is 0.494 e. The lowest BCUT2D eigenvalue weighted by Crippen LogP contribution is -2.02. The molecule has 114 valence electrons. The van der Waals surface area contributed by atoms with Gasteiger partial charge < -0.3 is 4.74 Å². The number of rotatable bonds is 7. The van der Waals surface area contributed by atoms with Crippen LogP contribution in [-0.4, -0.2) is 43.3 Å². The summed E-state index contributed by atoms with van der Waals surface area (Å²) in [4.78, 5) is 0. The second-order valence-electron chi connectivity index (χ2n) is 4.60. The number of ether oxygens (including phenoxy) is 1. The fourth-order valence-electron chi connectivity index (χ4n) is 2.08. The third kappa shape index (κ3) is 3.28. The van der Waals surface area contributed by atoms with Gasteiger partial charge in [0.1, 0.15) is 11.4 Å². The highest BCUT2D eigenvalue weighted by atomic mass is 32.2. The fraction of sp³-hybridized carbons (Fsp3) is 0.286. The number of aromatic amines is 1. The number of methoxy groups -OCH3 is 1. The normalized spacial score (nSPS) is 10.8. The Labute approximate surface area is 132 Å². The predicted octanol–water partition coefficient (Wildman–Crippen LogP) is 2.12. The van der Waals surface area contributed by atoms with Crippen molar-refractivity contribution in [3.63, 3.8) is 0 Å². The van der Waals surface area contributed by atoms with E-state index >= 15 is 0 Å². The number of hydrogen-bond acceptors (Lipinski definition) is 6. The van der Waals surface area contributed by atoms with E-state index in [1.807, 2.05) is 36.7 Å². The Morgan fingerprint density at radius 2 is 2.23 bits per heavy atom. The van der Waals surface area contributed by atoms with Crippen LogP contribution in [0.25, 0.3) is 5.69 Å². The quantitative estimate of drug-likeness (QED) is 0.531. The Kier molecular flexibility index (Phi) is 4.69. The zero-order valence-corrected chi connectivity index (χ0v) is 13.0. The van der Waals surface area contributed by atoms with Gasteiger partial charge in [0.25, 0.3) is 0 Å². The molecule has 0 bridgehead atoms. The monoisotopic (exact) mass is 316 g/mol. The van der Waals surface area contributed by atoms with Crippen LogP contribution in [-0.2, 0) is 6.42 Å². The number of nitrogens with zero attached hydrogens (tertiary/aromatic N) is 5. The van der Waals surface area contributed by atoms with E-state index in [1.54, 1.807) is 23.6 Å². The first kappa shape index (κ1) is 14.6. The van der Waals surface area contributed by atoms with E-state index in [1.165, 1.54) is 5.56 Å². The first-order valence-electron chi connectivity index (χ1n) is 6.90. The molecule has 2 aromatic heterocycles. The summed E-state index contributed by atoms with van der Waals surface area (Å²) in [6, 6.07) is 7.69. The van der Waals surface area contributed by atoms with Crippen molar-refractivity contribution in [3.8, 4) is 11.4 Å². The van der Waals surface area contributed by atoms with Crippen molar-refractivity contribution < 1.29 is 4.74 Å². The van der Waals surface area contributed by atoms with Crippen LogP contribution in [0.2, 0.25) is 0 Å². The van der Waals surface area contributed by atoms with Gasteiger partial charge in [-0.05, 0) is 41.0 Å². The average molecular weight is 316 g/mol. The molecule has 0 spiro atoms. The SMILES string of the molecule is COc1ccccc1-n1nnnc1SCCCc1cn[nH]c1. The molecule has 0 radical (unpaired) electrons. The molecule has 3 rings (SSSR count). The van der Waals surface area contributed by atoms with Crippen LogP contribution in [0.1, 0.15) is 12.0 Å². The van der Waals surface area contributed by atoms with Gasteiger partial charge in [0.15, 0.2) is 0 Å². The summed E-state index contributed by atoms with van der Waals surface area (Å²) in [5, 5.41) is 19.5. The second kappa shape index (κ2) is 7.08.